The van der Waals surface area contributed by atoms with Crippen LogP contribution in [0.4, 0.5) is 15.8 Å². The zero-order chi connectivity index (χ0) is 13.1. The van der Waals surface area contributed by atoms with E-state index in [1.165, 1.54) is 30.5 Å². The van der Waals surface area contributed by atoms with Crippen molar-refractivity contribution < 1.29 is 9.18 Å². The number of anilines is 2. The normalized spacial score (nSPS) is 10.1. The highest BCUT2D eigenvalue weighted by Gasteiger charge is 2.10. The molecule has 6 heteroatoms. The average molecular weight is 310 g/mol. The van der Waals surface area contributed by atoms with Gasteiger partial charge in [0, 0.05) is 16.4 Å². The van der Waals surface area contributed by atoms with Crippen LogP contribution in [0.5, 0.6) is 0 Å². The number of rotatable bonds is 2. The lowest BCUT2D eigenvalue weighted by Gasteiger charge is -2.07. The fourth-order valence-electron chi connectivity index (χ4n) is 1.35. The number of carbonyl (C=O) groups is 1. The molecule has 0 aliphatic heterocycles. The predicted molar refractivity (Wildman–Crippen MR) is 70.7 cm³/mol. The number of benzene rings is 1. The van der Waals surface area contributed by atoms with Crippen molar-refractivity contribution in [2.45, 2.75) is 0 Å². The number of hydrogen-bond acceptors (Lipinski definition) is 3. The van der Waals surface area contributed by atoms with Crippen molar-refractivity contribution in [1.29, 1.82) is 0 Å². The van der Waals surface area contributed by atoms with Gasteiger partial charge in [0.05, 0.1) is 5.69 Å². The van der Waals surface area contributed by atoms with Gasteiger partial charge in [0.1, 0.15) is 11.5 Å². The Morgan fingerprint density at radius 3 is 2.83 bits per heavy atom. The van der Waals surface area contributed by atoms with Crippen LogP contribution in [0.15, 0.2) is 41.0 Å². The minimum Gasteiger partial charge on any atom is -0.399 e. The summed E-state index contributed by atoms with van der Waals surface area (Å²) in [4.78, 5) is 15.7. The number of nitrogens with two attached hydrogens (primary N) is 1. The Morgan fingerprint density at radius 1 is 1.33 bits per heavy atom. The summed E-state index contributed by atoms with van der Waals surface area (Å²) in [6, 6.07) is 7.04. The molecule has 0 fully saturated rings. The van der Waals surface area contributed by atoms with E-state index in [9.17, 15) is 9.18 Å². The van der Waals surface area contributed by atoms with E-state index in [0.717, 1.165) is 0 Å². The molecule has 0 unspecified atom stereocenters. The topological polar surface area (TPSA) is 68.0 Å². The van der Waals surface area contributed by atoms with Gasteiger partial charge in [-0.1, -0.05) is 0 Å². The minimum absolute atomic E-state index is 0.172. The molecule has 2 aromatic rings. The molecule has 1 amide bonds. The second kappa shape index (κ2) is 5.14. The molecule has 2 rings (SSSR count). The van der Waals surface area contributed by atoms with Crippen molar-refractivity contribution in [3.05, 3.63) is 52.5 Å². The van der Waals surface area contributed by atoms with Gasteiger partial charge in [-0.15, -0.1) is 0 Å². The van der Waals surface area contributed by atoms with E-state index in [-0.39, 0.29) is 5.69 Å². The maximum Gasteiger partial charge on any atom is 0.274 e. The molecular weight excluding hydrogens is 301 g/mol. The molecule has 0 spiro atoms. The van der Waals surface area contributed by atoms with E-state index in [4.69, 9.17) is 5.73 Å². The van der Waals surface area contributed by atoms with Crippen molar-refractivity contribution in [2.75, 3.05) is 11.1 Å². The summed E-state index contributed by atoms with van der Waals surface area (Å²) in [5.41, 5.74) is 6.50. The molecule has 1 aromatic heterocycles. The van der Waals surface area contributed by atoms with Gasteiger partial charge < -0.3 is 11.1 Å². The Morgan fingerprint density at radius 2 is 2.11 bits per heavy atom. The Kier molecular flexibility index (Phi) is 3.57. The molecule has 1 heterocycles. The van der Waals surface area contributed by atoms with Crippen LogP contribution in [0, 0.1) is 5.82 Å². The molecule has 0 aliphatic carbocycles. The first-order valence-corrected chi connectivity index (χ1v) is 5.83. The zero-order valence-electron chi connectivity index (χ0n) is 9.15. The van der Waals surface area contributed by atoms with Crippen molar-refractivity contribution >= 4 is 33.2 Å². The highest BCUT2D eigenvalue weighted by atomic mass is 79.9. The maximum atomic E-state index is 13.1. The van der Waals surface area contributed by atoms with E-state index >= 15 is 0 Å². The molecular formula is C12H9BrFN3O. The molecule has 18 heavy (non-hydrogen) atoms. The van der Waals surface area contributed by atoms with E-state index in [1.807, 2.05) is 0 Å². The van der Waals surface area contributed by atoms with Crippen LogP contribution < -0.4 is 11.1 Å². The van der Waals surface area contributed by atoms with Crippen molar-refractivity contribution in [3.63, 3.8) is 0 Å². The van der Waals surface area contributed by atoms with Crippen molar-refractivity contribution in [2.24, 2.45) is 0 Å². The summed E-state index contributed by atoms with van der Waals surface area (Å²) in [5, 5.41) is 2.55. The lowest BCUT2D eigenvalue weighted by molar-refractivity contribution is 0.102. The van der Waals surface area contributed by atoms with Crippen LogP contribution >= 0.6 is 15.9 Å². The standard InChI is InChI=1S/C12H9BrFN3O/c13-9-2-1-7(14)5-10(9)17-12(18)11-6-8(15)3-4-16-11/h1-6H,(H2,15,16)(H,17,18). The number of nitrogen functional groups attached to an aromatic ring is 1. The van der Waals surface area contributed by atoms with Gasteiger partial charge in [-0.2, -0.15) is 0 Å². The summed E-state index contributed by atoms with van der Waals surface area (Å²) in [5.74, 6) is -0.886. The summed E-state index contributed by atoms with van der Waals surface area (Å²) in [7, 11) is 0. The Labute approximate surface area is 111 Å². The van der Waals surface area contributed by atoms with Crippen LogP contribution in [0.2, 0.25) is 0 Å². The Bertz CT molecular complexity index is 604. The molecule has 0 saturated heterocycles. The number of carbonyl (C=O) groups excluding carboxylic acids is 1. The monoisotopic (exact) mass is 309 g/mol. The summed E-state index contributed by atoms with van der Waals surface area (Å²) >= 11 is 3.22. The smallest absolute Gasteiger partial charge is 0.274 e. The highest BCUT2D eigenvalue weighted by molar-refractivity contribution is 9.10. The van der Waals surface area contributed by atoms with Crippen LogP contribution in [0.25, 0.3) is 0 Å². The molecule has 3 N–H and O–H groups in total. The quantitative estimate of drug-likeness (QED) is 0.896. The van der Waals surface area contributed by atoms with Crippen LogP contribution in [-0.2, 0) is 0 Å². The number of pyridine rings is 1. The average Bonchev–Trinajstić information content (AvgIpc) is 2.34. The van der Waals surface area contributed by atoms with Gasteiger partial charge in [0.2, 0.25) is 0 Å². The number of nitrogens with one attached hydrogen (secondary N) is 1. The first kappa shape index (κ1) is 12.5. The molecule has 0 radical (unpaired) electrons. The number of hydrogen-bond donors (Lipinski definition) is 2. The van der Waals surface area contributed by atoms with E-state index in [2.05, 4.69) is 26.2 Å². The first-order valence-electron chi connectivity index (χ1n) is 5.04. The largest absolute Gasteiger partial charge is 0.399 e. The highest BCUT2D eigenvalue weighted by Crippen LogP contribution is 2.23. The molecule has 1 aromatic carbocycles. The lowest BCUT2D eigenvalue weighted by Crippen LogP contribution is -2.14. The van der Waals surface area contributed by atoms with Crippen LogP contribution in [0.3, 0.4) is 0 Å². The lowest BCUT2D eigenvalue weighted by atomic mass is 10.2. The van der Waals surface area contributed by atoms with Gasteiger partial charge in [0.25, 0.3) is 5.91 Å². The number of halogens is 2. The molecule has 92 valence electrons. The van der Waals surface area contributed by atoms with Gasteiger partial charge in [-0.05, 0) is 46.3 Å². The maximum absolute atomic E-state index is 13.1. The third-order valence-electron chi connectivity index (χ3n) is 2.19. The van der Waals surface area contributed by atoms with E-state index in [1.54, 1.807) is 6.07 Å². The second-order valence-electron chi connectivity index (χ2n) is 3.55. The van der Waals surface area contributed by atoms with Crippen molar-refractivity contribution in [1.82, 2.24) is 4.98 Å². The number of nitrogens with zero attached hydrogens (tertiary/aromatic N) is 1. The van der Waals surface area contributed by atoms with E-state index < -0.39 is 11.7 Å². The molecule has 0 aliphatic rings. The fraction of sp³-hybridized carbons (Fsp3) is 0. The molecule has 0 atom stereocenters. The summed E-state index contributed by atoms with van der Waals surface area (Å²) in [6.07, 6.45) is 1.44. The van der Waals surface area contributed by atoms with Crippen LogP contribution in [-0.4, -0.2) is 10.9 Å². The summed E-state index contributed by atoms with van der Waals surface area (Å²) < 4.78 is 13.6. The molecule has 0 saturated carbocycles. The fourth-order valence-corrected chi connectivity index (χ4v) is 1.70. The van der Waals surface area contributed by atoms with Gasteiger partial charge in [0.15, 0.2) is 0 Å². The second-order valence-corrected chi connectivity index (χ2v) is 4.41. The van der Waals surface area contributed by atoms with Crippen LogP contribution in [0.1, 0.15) is 10.5 Å². The number of amides is 1. The van der Waals surface area contributed by atoms with Gasteiger partial charge >= 0.3 is 0 Å². The zero-order valence-corrected chi connectivity index (χ0v) is 10.7. The Hall–Kier alpha value is -1.95. The van der Waals surface area contributed by atoms with Gasteiger partial charge in [-0.25, -0.2) is 4.39 Å². The summed E-state index contributed by atoms with van der Waals surface area (Å²) in [6.45, 7) is 0. The predicted octanol–water partition coefficient (Wildman–Crippen LogP) is 2.82. The Balaban J connectivity index is 2.24. The third-order valence-corrected chi connectivity index (χ3v) is 2.88. The van der Waals surface area contributed by atoms with E-state index in [0.29, 0.717) is 15.8 Å². The minimum atomic E-state index is -0.450. The van der Waals surface area contributed by atoms with Crippen molar-refractivity contribution in [3.8, 4) is 0 Å². The number of aromatic nitrogens is 1. The first-order chi connectivity index (χ1) is 8.56. The third kappa shape index (κ3) is 2.84. The van der Waals surface area contributed by atoms with Gasteiger partial charge in [-0.3, -0.25) is 9.78 Å². The SMILES string of the molecule is Nc1ccnc(C(=O)Nc2cc(F)ccc2Br)c1. The molecule has 0 bridgehead atoms. The molecule has 4 nitrogen and oxygen atoms in total.